The molecular formula is C21H26N2O2S. The summed E-state index contributed by atoms with van der Waals surface area (Å²) in [5.41, 5.74) is 2.33. The second-order valence-electron chi connectivity index (χ2n) is 6.42. The Kier molecular flexibility index (Phi) is 6.34. The Labute approximate surface area is 161 Å². The van der Waals surface area contributed by atoms with E-state index in [0.717, 1.165) is 41.7 Å². The number of hydrogen-bond acceptors (Lipinski definition) is 3. The number of thiocarbonyl (C=S) groups is 1. The lowest BCUT2D eigenvalue weighted by molar-refractivity contribution is 0.0746. The van der Waals surface area contributed by atoms with Crippen molar-refractivity contribution in [2.45, 2.75) is 32.8 Å². The Morgan fingerprint density at radius 2 is 1.85 bits per heavy atom. The minimum absolute atomic E-state index is 0.0429. The number of ether oxygens (including phenoxy) is 2. The third-order valence-electron chi connectivity index (χ3n) is 4.39. The Bertz CT molecular complexity index is 733. The molecule has 5 heteroatoms. The summed E-state index contributed by atoms with van der Waals surface area (Å²) in [5, 5.41) is 4.07. The van der Waals surface area contributed by atoms with Crippen LogP contribution in [0.5, 0.6) is 11.5 Å². The number of nitrogens with zero attached hydrogens (tertiary/aromatic N) is 1. The van der Waals surface area contributed by atoms with E-state index in [1.165, 1.54) is 5.56 Å². The topological polar surface area (TPSA) is 33.7 Å². The Morgan fingerprint density at radius 1 is 1.12 bits per heavy atom. The van der Waals surface area contributed by atoms with Gasteiger partial charge in [0, 0.05) is 12.2 Å². The minimum Gasteiger partial charge on any atom is -0.486 e. The van der Waals surface area contributed by atoms with Gasteiger partial charge in [0.05, 0.1) is 6.54 Å². The molecule has 4 nitrogen and oxygen atoms in total. The zero-order valence-corrected chi connectivity index (χ0v) is 16.2. The fourth-order valence-corrected chi connectivity index (χ4v) is 3.25. The number of hydrogen-bond donors (Lipinski definition) is 1. The molecule has 0 bridgehead atoms. The Morgan fingerprint density at radius 3 is 2.54 bits per heavy atom. The zero-order valence-electron chi connectivity index (χ0n) is 15.4. The molecule has 0 saturated carbocycles. The van der Waals surface area contributed by atoms with Crippen molar-refractivity contribution in [2.75, 3.05) is 25.0 Å². The Balaban J connectivity index is 1.62. The number of para-hydroxylation sites is 2. The van der Waals surface area contributed by atoms with Crippen molar-refractivity contribution in [2.24, 2.45) is 0 Å². The molecule has 0 unspecified atom stereocenters. The lowest BCUT2D eigenvalue weighted by Crippen LogP contribution is -2.45. The maximum atomic E-state index is 6.09. The van der Waals surface area contributed by atoms with Gasteiger partial charge in [-0.15, -0.1) is 0 Å². The van der Waals surface area contributed by atoms with Crippen LogP contribution in [0.15, 0.2) is 48.5 Å². The van der Waals surface area contributed by atoms with Crippen LogP contribution >= 0.6 is 12.2 Å². The summed E-state index contributed by atoms with van der Waals surface area (Å²) in [5.74, 6) is 1.61. The maximum absolute atomic E-state index is 6.09. The van der Waals surface area contributed by atoms with E-state index >= 15 is 0 Å². The van der Waals surface area contributed by atoms with Crippen molar-refractivity contribution in [3.05, 3.63) is 54.1 Å². The summed E-state index contributed by atoms with van der Waals surface area (Å²) >= 11 is 5.65. The first kappa shape index (κ1) is 18.5. The van der Waals surface area contributed by atoms with Crippen LogP contribution in [0, 0.1) is 0 Å². The molecule has 1 N–H and O–H groups in total. The van der Waals surface area contributed by atoms with Crippen LogP contribution in [0.4, 0.5) is 5.69 Å². The fraction of sp³-hybridized carbons (Fsp3) is 0.381. The molecule has 1 aliphatic heterocycles. The van der Waals surface area contributed by atoms with Crippen molar-refractivity contribution in [1.29, 1.82) is 0 Å². The summed E-state index contributed by atoms with van der Waals surface area (Å²) in [7, 11) is 0. The standard InChI is InChI=1S/C21H26N2O2S/c1-3-13-23(21(26)22-17-11-9-16(4-2)10-12-17)14-18-15-24-19-7-5-6-8-20(19)25-18/h5-12,18H,3-4,13-15H2,1-2H3,(H,22,26)/t18-/m1/s1. The molecule has 1 aliphatic rings. The average molecular weight is 371 g/mol. The van der Waals surface area contributed by atoms with Gasteiger partial charge in [0.1, 0.15) is 6.61 Å². The van der Waals surface area contributed by atoms with Gasteiger partial charge in [-0.25, -0.2) is 0 Å². The summed E-state index contributed by atoms with van der Waals surface area (Å²) in [6.07, 6.45) is 2.01. The third-order valence-corrected chi connectivity index (χ3v) is 4.75. The highest BCUT2D eigenvalue weighted by atomic mass is 32.1. The lowest BCUT2D eigenvalue weighted by Gasteiger charge is -2.32. The van der Waals surface area contributed by atoms with Gasteiger partial charge in [0.2, 0.25) is 0 Å². The van der Waals surface area contributed by atoms with Gasteiger partial charge in [-0.3, -0.25) is 0 Å². The predicted octanol–water partition coefficient (Wildman–Crippen LogP) is 4.50. The number of anilines is 1. The molecule has 0 spiro atoms. The molecule has 0 fully saturated rings. The van der Waals surface area contributed by atoms with E-state index < -0.39 is 0 Å². The summed E-state index contributed by atoms with van der Waals surface area (Å²) in [4.78, 5) is 2.16. The first-order valence-electron chi connectivity index (χ1n) is 9.23. The number of aryl methyl sites for hydroxylation is 1. The molecular weight excluding hydrogens is 344 g/mol. The summed E-state index contributed by atoms with van der Waals surface area (Å²) in [6, 6.07) is 16.2. The molecule has 0 aliphatic carbocycles. The second kappa shape index (κ2) is 8.90. The molecule has 0 aromatic heterocycles. The average Bonchev–Trinajstić information content (AvgIpc) is 2.68. The molecule has 0 saturated heterocycles. The van der Waals surface area contributed by atoms with Crippen LogP contribution in [-0.4, -0.2) is 35.8 Å². The maximum Gasteiger partial charge on any atom is 0.173 e. The fourth-order valence-electron chi connectivity index (χ4n) is 2.97. The number of fused-ring (bicyclic) bond motifs is 1. The highest BCUT2D eigenvalue weighted by Gasteiger charge is 2.24. The SMILES string of the molecule is CCCN(C[C@@H]1COc2ccccc2O1)C(=S)Nc1ccc(CC)cc1. The van der Waals surface area contributed by atoms with Crippen LogP contribution in [0.25, 0.3) is 0 Å². The van der Waals surface area contributed by atoms with Gasteiger partial charge < -0.3 is 19.7 Å². The first-order chi connectivity index (χ1) is 12.7. The monoisotopic (exact) mass is 370 g/mol. The number of benzene rings is 2. The third kappa shape index (κ3) is 4.67. The summed E-state index contributed by atoms with van der Waals surface area (Å²) in [6.45, 7) is 6.41. The van der Waals surface area contributed by atoms with E-state index in [0.29, 0.717) is 13.2 Å². The van der Waals surface area contributed by atoms with Gasteiger partial charge in [-0.2, -0.15) is 0 Å². The molecule has 3 rings (SSSR count). The molecule has 0 radical (unpaired) electrons. The van der Waals surface area contributed by atoms with Gasteiger partial charge >= 0.3 is 0 Å². The van der Waals surface area contributed by atoms with Gasteiger partial charge in [-0.1, -0.05) is 38.1 Å². The smallest absolute Gasteiger partial charge is 0.173 e. The molecule has 26 heavy (non-hydrogen) atoms. The van der Waals surface area contributed by atoms with E-state index in [1.807, 2.05) is 24.3 Å². The van der Waals surface area contributed by atoms with Crippen LogP contribution in [0.2, 0.25) is 0 Å². The predicted molar refractivity (Wildman–Crippen MR) is 110 cm³/mol. The summed E-state index contributed by atoms with van der Waals surface area (Å²) < 4.78 is 11.9. The first-order valence-corrected chi connectivity index (χ1v) is 9.63. The molecule has 1 heterocycles. The minimum atomic E-state index is -0.0429. The van der Waals surface area contributed by atoms with Crippen molar-refractivity contribution < 1.29 is 9.47 Å². The molecule has 2 aromatic carbocycles. The molecule has 138 valence electrons. The van der Waals surface area contributed by atoms with Crippen LogP contribution in [0.1, 0.15) is 25.8 Å². The zero-order chi connectivity index (χ0) is 18.4. The van der Waals surface area contributed by atoms with E-state index in [1.54, 1.807) is 0 Å². The van der Waals surface area contributed by atoms with E-state index in [-0.39, 0.29) is 6.10 Å². The highest BCUT2D eigenvalue weighted by molar-refractivity contribution is 7.80. The van der Waals surface area contributed by atoms with E-state index in [9.17, 15) is 0 Å². The van der Waals surface area contributed by atoms with Crippen molar-refractivity contribution >= 4 is 23.0 Å². The lowest BCUT2D eigenvalue weighted by atomic mass is 10.1. The molecule has 2 aromatic rings. The van der Waals surface area contributed by atoms with Crippen molar-refractivity contribution in [3.63, 3.8) is 0 Å². The largest absolute Gasteiger partial charge is 0.486 e. The van der Waals surface area contributed by atoms with E-state index in [2.05, 4.69) is 48.3 Å². The molecule has 1 atom stereocenters. The van der Waals surface area contributed by atoms with Crippen molar-refractivity contribution in [3.8, 4) is 11.5 Å². The number of rotatable bonds is 6. The highest BCUT2D eigenvalue weighted by Crippen LogP contribution is 2.31. The normalized spacial score (nSPS) is 15.4. The van der Waals surface area contributed by atoms with Gasteiger partial charge in [-0.05, 0) is 54.9 Å². The Hall–Kier alpha value is -2.27. The van der Waals surface area contributed by atoms with Crippen molar-refractivity contribution in [1.82, 2.24) is 4.90 Å². The van der Waals surface area contributed by atoms with Crippen LogP contribution in [-0.2, 0) is 6.42 Å². The van der Waals surface area contributed by atoms with Crippen LogP contribution < -0.4 is 14.8 Å². The van der Waals surface area contributed by atoms with Gasteiger partial charge in [0.15, 0.2) is 22.7 Å². The van der Waals surface area contributed by atoms with Crippen LogP contribution in [0.3, 0.4) is 0 Å². The second-order valence-corrected chi connectivity index (χ2v) is 6.81. The molecule has 0 amide bonds. The van der Waals surface area contributed by atoms with Gasteiger partial charge in [0.25, 0.3) is 0 Å². The quantitative estimate of drug-likeness (QED) is 0.757. The van der Waals surface area contributed by atoms with E-state index in [4.69, 9.17) is 21.7 Å². The number of nitrogens with one attached hydrogen (secondary N) is 1.